The Hall–Kier alpha value is -4.58. The van der Waals surface area contributed by atoms with Gasteiger partial charge in [0.15, 0.2) is 5.82 Å². The van der Waals surface area contributed by atoms with Crippen LogP contribution in [0.3, 0.4) is 0 Å². The number of carbonyl (C=O) groups excluding carboxylic acids is 1. The highest BCUT2D eigenvalue weighted by Gasteiger charge is 2.24. The molecule has 0 aliphatic carbocycles. The zero-order chi connectivity index (χ0) is 29.0. The molecule has 1 aliphatic heterocycles. The Morgan fingerprint density at radius 2 is 1.88 bits per heavy atom. The average Bonchev–Trinajstić information content (AvgIpc) is 3.49. The first-order chi connectivity index (χ1) is 19.7. The lowest BCUT2D eigenvalue weighted by atomic mass is 9.96. The molecular weight excluding hydrogens is 522 g/mol. The molecular formula is C29H35N9O3. The van der Waals surface area contributed by atoms with Crippen molar-refractivity contribution < 1.29 is 14.1 Å². The van der Waals surface area contributed by atoms with Crippen LogP contribution in [0.15, 0.2) is 47.4 Å². The van der Waals surface area contributed by atoms with E-state index in [1.165, 1.54) is 6.33 Å². The first-order valence-corrected chi connectivity index (χ1v) is 13.5. The summed E-state index contributed by atoms with van der Waals surface area (Å²) in [4.78, 5) is 32.4. The number of nitrogens with one attached hydrogen (secondary N) is 3. The van der Waals surface area contributed by atoms with Crippen molar-refractivity contribution in [3.8, 4) is 17.0 Å². The normalized spacial score (nSPS) is 13.6. The second kappa shape index (κ2) is 11.9. The third-order valence-corrected chi connectivity index (χ3v) is 6.82. The smallest absolute Gasteiger partial charge is 0.315 e. The summed E-state index contributed by atoms with van der Waals surface area (Å²) in [5.41, 5.74) is 4.32. The van der Waals surface area contributed by atoms with Crippen molar-refractivity contribution in [2.24, 2.45) is 0 Å². The van der Waals surface area contributed by atoms with Crippen molar-refractivity contribution in [3.05, 3.63) is 65.7 Å². The van der Waals surface area contributed by atoms with Crippen LogP contribution in [0.5, 0.6) is 5.75 Å². The number of methoxy groups -OCH3 is 1. The van der Waals surface area contributed by atoms with Crippen LogP contribution in [0.2, 0.25) is 0 Å². The zero-order valence-electron chi connectivity index (χ0n) is 24.0. The molecule has 0 atom stereocenters. The molecule has 0 spiro atoms. The number of benzene rings is 1. The molecule has 3 N–H and O–H groups in total. The monoisotopic (exact) mass is 557 g/mol. The van der Waals surface area contributed by atoms with Crippen LogP contribution in [0, 0.1) is 6.92 Å². The lowest BCUT2D eigenvalue weighted by Crippen LogP contribution is -2.43. The van der Waals surface area contributed by atoms with Crippen LogP contribution in [0.4, 0.5) is 17.3 Å². The molecule has 214 valence electrons. The lowest BCUT2D eigenvalue weighted by Gasteiger charge is -2.30. The third-order valence-electron chi connectivity index (χ3n) is 6.82. The largest absolute Gasteiger partial charge is 0.494 e. The second-order valence-corrected chi connectivity index (χ2v) is 10.9. The first-order valence-electron chi connectivity index (χ1n) is 13.5. The van der Waals surface area contributed by atoms with Crippen LogP contribution >= 0.6 is 0 Å². The summed E-state index contributed by atoms with van der Waals surface area (Å²) in [6, 6.07) is 9.72. The van der Waals surface area contributed by atoms with Gasteiger partial charge in [0.2, 0.25) is 0 Å². The number of hydrogen-bond acceptors (Lipinski definition) is 11. The van der Waals surface area contributed by atoms with Gasteiger partial charge in [-0.15, -0.1) is 0 Å². The Morgan fingerprint density at radius 3 is 2.59 bits per heavy atom. The van der Waals surface area contributed by atoms with Crippen LogP contribution in [0.1, 0.15) is 48.4 Å². The van der Waals surface area contributed by atoms with Gasteiger partial charge < -0.3 is 30.1 Å². The summed E-state index contributed by atoms with van der Waals surface area (Å²) in [6.45, 7) is 11.9. The van der Waals surface area contributed by atoms with Gasteiger partial charge in [0.25, 0.3) is 0 Å². The van der Waals surface area contributed by atoms with E-state index in [1.54, 1.807) is 7.11 Å². The molecule has 0 radical (unpaired) electrons. The standard InChI is InChI=1S/C29H35N9O3/c1-18-12-19(6-7-20(18)15-32-26(39)27-36-28(37-41-27)29(2,3)4)21-13-24(34-17-33-21)35-25-14-23(40-5)22(16-31-25)38-10-8-30-9-11-38/h6-7,12-14,16-17,30H,8-11,15H2,1-5H3,(H,32,39)(H,31,33,34,35). The summed E-state index contributed by atoms with van der Waals surface area (Å²) >= 11 is 0. The molecule has 4 aromatic rings. The van der Waals surface area contributed by atoms with Gasteiger partial charge in [-0.3, -0.25) is 4.79 Å². The highest BCUT2D eigenvalue weighted by atomic mass is 16.5. The summed E-state index contributed by atoms with van der Waals surface area (Å²) < 4.78 is 10.8. The Bertz CT molecular complexity index is 1520. The Labute approximate surface area is 239 Å². The molecule has 4 heterocycles. The van der Waals surface area contributed by atoms with E-state index in [0.717, 1.165) is 60.0 Å². The highest BCUT2D eigenvalue weighted by Crippen LogP contribution is 2.31. The summed E-state index contributed by atoms with van der Waals surface area (Å²) in [7, 11) is 1.67. The minimum atomic E-state index is -0.408. The van der Waals surface area contributed by atoms with E-state index in [2.05, 4.69) is 45.9 Å². The minimum Gasteiger partial charge on any atom is -0.494 e. The lowest BCUT2D eigenvalue weighted by molar-refractivity contribution is 0.0907. The van der Waals surface area contributed by atoms with Crippen molar-refractivity contribution in [2.75, 3.05) is 43.5 Å². The molecule has 0 unspecified atom stereocenters. The maximum atomic E-state index is 12.5. The van der Waals surface area contributed by atoms with Crippen LogP contribution in [0.25, 0.3) is 11.3 Å². The van der Waals surface area contributed by atoms with Crippen molar-refractivity contribution in [2.45, 2.75) is 39.7 Å². The molecule has 5 rings (SSSR count). The number of carbonyl (C=O) groups is 1. The zero-order valence-corrected chi connectivity index (χ0v) is 24.0. The van der Waals surface area contributed by atoms with Gasteiger partial charge in [0.05, 0.1) is 24.7 Å². The second-order valence-electron chi connectivity index (χ2n) is 10.9. The van der Waals surface area contributed by atoms with E-state index in [4.69, 9.17) is 9.26 Å². The number of ether oxygens (including phenoxy) is 1. The molecule has 1 aromatic carbocycles. The van der Waals surface area contributed by atoms with Gasteiger partial charge in [-0.2, -0.15) is 4.98 Å². The van der Waals surface area contributed by atoms with Crippen molar-refractivity contribution >= 4 is 23.2 Å². The average molecular weight is 558 g/mol. The number of hydrogen-bond donors (Lipinski definition) is 3. The van der Waals surface area contributed by atoms with Gasteiger partial charge >= 0.3 is 11.8 Å². The number of pyridine rings is 1. The molecule has 1 amide bonds. The fraction of sp³-hybridized carbons (Fsp3) is 0.379. The van der Waals surface area contributed by atoms with Gasteiger partial charge in [-0.05, 0) is 24.1 Å². The maximum Gasteiger partial charge on any atom is 0.315 e. The molecule has 12 heteroatoms. The molecule has 12 nitrogen and oxygen atoms in total. The van der Waals surface area contributed by atoms with Crippen molar-refractivity contribution in [1.29, 1.82) is 0 Å². The topological polar surface area (TPSA) is 143 Å². The molecule has 0 saturated carbocycles. The summed E-state index contributed by atoms with van der Waals surface area (Å²) in [5, 5.41) is 13.4. The molecule has 41 heavy (non-hydrogen) atoms. The number of rotatable bonds is 8. The van der Waals surface area contributed by atoms with Crippen LogP contribution in [-0.4, -0.2) is 64.3 Å². The predicted octanol–water partition coefficient (Wildman–Crippen LogP) is 3.62. The fourth-order valence-corrected chi connectivity index (χ4v) is 4.44. The number of amides is 1. The molecule has 3 aromatic heterocycles. The van der Waals surface area contributed by atoms with E-state index in [1.807, 2.05) is 64.2 Å². The number of aryl methyl sites for hydroxylation is 1. The summed E-state index contributed by atoms with van der Waals surface area (Å²) in [5.74, 6) is 2.03. The third kappa shape index (κ3) is 6.60. The number of aromatic nitrogens is 5. The Kier molecular flexibility index (Phi) is 8.11. The van der Waals surface area contributed by atoms with E-state index in [-0.39, 0.29) is 11.3 Å². The van der Waals surface area contributed by atoms with E-state index in [9.17, 15) is 4.79 Å². The fourth-order valence-electron chi connectivity index (χ4n) is 4.44. The van der Waals surface area contributed by atoms with Gasteiger partial charge in [-0.1, -0.05) is 38.1 Å². The SMILES string of the molecule is COc1cc(Nc2cc(-c3ccc(CNC(=O)c4nc(C(C)(C)C)no4)c(C)c3)ncn2)ncc1N1CCNCC1. The first kappa shape index (κ1) is 28.0. The molecule has 0 bridgehead atoms. The molecule has 1 aliphatic rings. The van der Waals surface area contributed by atoms with Crippen molar-refractivity contribution in [1.82, 2.24) is 35.7 Å². The number of piperazine rings is 1. The predicted molar refractivity (Wildman–Crippen MR) is 156 cm³/mol. The van der Waals surface area contributed by atoms with Crippen LogP contribution in [-0.2, 0) is 12.0 Å². The highest BCUT2D eigenvalue weighted by molar-refractivity contribution is 5.89. The molecule has 1 saturated heterocycles. The van der Waals surface area contributed by atoms with E-state index >= 15 is 0 Å². The Morgan fingerprint density at radius 1 is 1.10 bits per heavy atom. The van der Waals surface area contributed by atoms with E-state index < -0.39 is 5.91 Å². The van der Waals surface area contributed by atoms with Crippen LogP contribution < -0.4 is 25.6 Å². The van der Waals surface area contributed by atoms with Gasteiger partial charge in [0.1, 0.15) is 23.7 Å². The number of nitrogens with zero attached hydrogens (tertiary/aromatic N) is 6. The summed E-state index contributed by atoms with van der Waals surface area (Å²) in [6.07, 6.45) is 3.35. The van der Waals surface area contributed by atoms with E-state index in [0.29, 0.717) is 24.0 Å². The maximum absolute atomic E-state index is 12.5. The number of anilines is 3. The molecule has 1 fully saturated rings. The van der Waals surface area contributed by atoms with Gasteiger partial charge in [-0.25, -0.2) is 15.0 Å². The van der Waals surface area contributed by atoms with Gasteiger partial charge in [0, 0.05) is 55.8 Å². The van der Waals surface area contributed by atoms with Crippen molar-refractivity contribution in [3.63, 3.8) is 0 Å². The quantitative estimate of drug-likeness (QED) is 0.292. The minimum absolute atomic E-state index is 0.0456. The Balaban J connectivity index is 1.25.